The zero-order valence-electron chi connectivity index (χ0n) is 13.5. The predicted molar refractivity (Wildman–Crippen MR) is 84.9 cm³/mol. The van der Waals surface area contributed by atoms with Gasteiger partial charge in [-0.3, -0.25) is 0 Å². The quantitative estimate of drug-likeness (QED) is 0.786. The topological polar surface area (TPSA) is 35.5 Å². The molecule has 118 valence electrons. The molecule has 20 heavy (non-hydrogen) atoms. The summed E-state index contributed by atoms with van der Waals surface area (Å²) in [7, 11) is 0. The lowest BCUT2D eigenvalue weighted by molar-refractivity contribution is 0.0482. The maximum atomic E-state index is 9.86. The smallest absolute Gasteiger partial charge is 0.0667 e. The molecule has 3 heteroatoms. The summed E-state index contributed by atoms with van der Waals surface area (Å²) < 4.78 is 0. The number of hydrogen-bond acceptors (Lipinski definition) is 3. The van der Waals surface area contributed by atoms with E-state index >= 15 is 0 Å². The van der Waals surface area contributed by atoms with Gasteiger partial charge >= 0.3 is 0 Å². The van der Waals surface area contributed by atoms with E-state index in [0.717, 1.165) is 37.8 Å². The van der Waals surface area contributed by atoms with E-state index in [1.54, 1.807) is 0 Å². The zero-order chi connectivity index (χ0) is 14.4. The van der Waals surface area contributed by atoms with Crippen molar-refractivity contribution >= 4 is 0 Å². The molecule has 0 amide bonds. The molecular weight excluding hydrogens is 248 g/mol. The standard InChI is InChI=1S/C17H34N2O/c1-3-6-14-8-9-17(18-4-2)15(11-14)12-19-10-5-7-16(20)13-19/h14-18,20H,3-13H2,1-2H3. The minimum atomic E-state index is -0.0867. The Hall–Kier alpha value is -0.120. The molecule has 2 fully saturated rings. The number of hydrogen-bond donors (Lipinski definition) is 2. The number of β-amino-alcohol motifs (C(OH)–C–C–N with tert-alkyl or cyclic N) is 1. The van der Waals surface area contributed by atoms with Gasteiger partial charge in [-0.25, -0.2) is 0 Å². The van der Waals surface area contributed by atoms with Crippen LogP contribution in [-0.2, 0) is 0 Å². The third-order valence-electron chi connectivity index (χ3n) is 5.23. The summed E-state index contributed by atoms with van der Waals surface area (Å²) in [4.78, 5) is 2.51. The molecule has 0 spiro atoms. The molecule has 0 bridgehead atoms. The second kappa shape index (κ2) is 8.35. The van der Waals surface area contributed by atoms with Crippen LogP contribution in [0, 0.1) is 11.8 Å². The van der Waals surface area contributed by atoms with Gasteiger partial charge in [0.15, 0.2) is 0 Å². The van der Waals surface area contributed by atoms with Crippen molar-refractivity contribution in [1.82, 2.24) is 10.2 Å². The average molecular weight is 282 g/mol. The highest BCUT2D eigenvalue weighted by atomic mass is 16.3. The Labute approximate surface area is 125 Å². The first-order chi connectivity index (χ1) is 9.72. The van der Waals surface area contributed by atoms with Gasteiger partial charge in [-0.05, 0) is 57.0 Å². The van der Waals surface area contributed by atoms with E-state index in [9.17, 15) is 5.11 Å². The molecule has 4 atom stereocenters. The van der Waals surface area contributed by atoms with Gasteiger partial charge in [0.1, 0.15) is 0 Å². The molecule has 1 aliphatic carbocycles. The molecule has 4 unspecified atom stereocenters. The van der Waals surface area contributed by atoms with Crippen LogP contribution in [0.5, 0.6) is 0 Å². The van der Waals surface area contributed by atoms with Crippen molar-refractivity contribution < 1.29 is 5.11 Å². The second-order valence-corrected chi connectivity index (χ2v) is 6.95. The number of nitrogens with zero attached hydrogens (tertiary/aromatic N) is 1. The van der Waals surface area contributed by atoms with Crippen LogP contribution in [0.1, 0.15) is 58.8 Å². The fourth-order valence-corrected chi connectivity index (χ4v) is 4.29. The molecule has 2 N–H and O–H groups in total. The minimum Gasteiger partial charge on any atom is -0.392 e. The predicted octanol–water partition coefficient (Wildman–Crippen LogP) is 2.64. The highest BCUT2D eigenvalue weighted by molar-refractivity contribution is 4.87. The lowest BCUT2D eigenvalue weighted by Gasteiger charge is -2.41. The van der Waals surface area contributed by atoms with Gasteiger partial charge in [-0.2, -0.15) is 0 Å². The van der Waals surface area contributed by atoms with E-state index in [1.807, 2.05) is 0 Å². The molecule has 1 aliphatic heterocycles. The van der Waals surface area contributed by atoms with Crippen LogP contribution < -0.4 is 5.32 Å². The highest BCUT2D eigenvalue weighted by Gasteiger charge is 2.31. The molecule has 2 aliphatic rings. The number of piperidine rings is 1. The molecule has 3 nitrogen and oxygen atoms in total. The first-order valence-corrected chi connectivity index (χ1v) is 8.86. The highest BCUT2D eigenvalue weighted by Crippen LogP contribution is 2.33. The van der Waals surface area contributed by atoms with E-state index in [1.165, 1.54) is 45.2 Å². The first-order valence-electron chi connectivity index (χ1n) is 8.86. The molecule has 0 aromatic carbocycles. The Balaban J connectivity index is 1.88. The van der Waals surface area contributed by atoms with Crippen molar-refractivity contribution in [2.45, 2.75) is 70.9 Å². The number of aliphatic hydroxyl groups is 1. The molecule has 1 saturated heterocycles. The van der Waals surface area contributed by atoms with Crippen molar-refractivity contribution in [2.24, 2.45) is 11.8 Å². The molecule has 1 saturated carbocycles. The number of aliphatic hydroxyl groups excluding tert-OH is 1. The van der Waals surface area contributed by atoms with Crippen LogP contribution in [0.3, 0.4) is 0 Å². The summed E-state index contributed by atoms with van der Waals surface area (Å²) in [5, 5.41) is 13.6. The summed E-state index contributed by atoms with van der Waals surface area (Å²) in [5.41, 5.74) is 0. The maximum Gasteiger partial charge on any atom is 0.0667 e. The van der Waals surface area contributed by atoms with E-state index in [-0.39, 0.29) is 6.10 Å². The van der Waals surface area contributed by atoms with E-state index < -0.39 is 0 Å². The zero-order valence-corrected chi connectivity index (χ0v) is 13.5. The molecule has 1 heterocycles. The van der Waals surface area contributed by atoms with Crippen LogP contribution in [0.4, 0.5) is 0 Å². The maximum absolute atomic E-state index is 9.86. The van der Waals surface area contributed by atoms with Gasteiger partial charge < -0.3 is 15.3 Å². The second-order valence-electron chi connectivity index (χ2n) is 6.95. The molecule has 0 aromatic rings. The van der Waals surface area contributed by atoms with Gasteiger partial charge in [-0.1, -0.05) is 26.7 Å². The van der Waals surface area contributed by atoms with Gasteiger partial charge in [0.2, 0.25) is 0 Å². The average Bonchev–Trinajstić information content (AvgIpc) is 2.42. The largest absolute Gasteiger partial charge is 0.392 e. The fourth-order valence-electron chi connectivity index (χ4n) is 4.29. The van der Waals surface area contributed by atoms with E-state index in [0.29, 0.717) is 6.04 Å². The number of nitrogens with one attached hydrogen (secondary N) is 1. The lowest BCUT2D eigenvalue weighted by atomic mass is 9.76. The van der Waals surface area contributed by atoms with Crippen LogP contribution in [-0.4, -0.2) is 48.3 Å². The van der Waals surface area contributed by atoms with Crippen LogP contribution >= 0.6 is 0 Å². The van der Waals surface area contributed by atoms with Crippen molar-refractivity contribution in [3.63, 3.8) is 0 Å². The Morgan fingerprint density at radius 1 is 1.20 bits per heavy atom. The minimum absolute atomic E-state index is 0.0867. The molecule has 0 aromatic heterocycles. The third kappa shape index (κ3) is 4.71. The summed E-state index contributed by atoms with van der Waals surface area (Å²) in [6, 6.07) is 0.701. The van der Waals surface area contributed by atoms with Crippen LogP contribution in [0.15, 0.2) is 0 Å². The number of likely N-dealkylation sites (tertiary alicyclic amines) is 1. The molecule has 2 rings (SSSR count). The summed E-state index contributed by atoms with van der Waals surface area (Å²) in [6.07, 6.45) is 8.94. The third-order valence-corrected chi connectivity index (χ3v) is 5.23. The summed E-state index contributed by atoms with van der Waals surface area (Å²) in [6.45, 7) is 8.89. The van der Waals surface area contributed by atoms with Gasteiger partial charge in [0, 0.05) is 19.1 Å². The van der Waals surface area contributed by atoms with Crippen molar-refractivity contribution in [1.29, 1.82) is 0 Å². The van der Waals surface area contributed by atoms with Crippen LogP contribution in [0.2, 0.25) is 0 Å². The fraction of sp³-hybridized carbons (Fsp3) is 1.00. The Morgan fingerprint density at radius 3 is 2.75 bits per heavy atom. The van der Waals surface area contributed by atoms with E-state index in [2.05, 4.69) is 24.1 Å². The van der Waals surface area contributed by atoms with Crippen LogP contribution in [0.25, 0.3) is 0 Å². The van der Waals surface area contributed by atoms with Gasteiger partial charge in [0.05, 0.1) is 6.10 Å². The van der Waals surface area contributed by atoms with Crippen molar-refractivity contribution in [3.8, 4) is 0 Å². The SMILES string of the molecule is CCCC1CCC(NCC)C(CN2CCCC(O)C2)C1. The van der Waals surface area contributed by atoms with Gasteiger partial charge in [0.25, 0.3) is 0 Å². The Morgan fingerprint density at radius 2 is 2.05 bits per heavy atom. The first kappa shape index (κ1) is 16.3. The summed E-state index contributed by atoms with van der Waals surface area (Å²) in [5.74, 6) is 1.72. The summed E-state index contributed by atoms with van der Waals surface area (Å²) >= 11 is 0. The van der Waals surface area contributed by atoms with Gasteiger partial charge in [-0.15, -0.1) is 0 Å². The normalized spacial score (nSPS) is 36.1. The Kier molecular flexibility index (Phi) is 6.79. The molecule has 0 radical (unpaired) electrons. The number of rotatable bonds is 6. The Bertz CT molecular complexity index is 272. The molecular formula is C17H34N2O. The van der Waals surface area contributed by atoms with Crippen molar-refractivity contribution in [3.05, 3.63) is 0 Å². The lowest BCUT2D eigenvalue weighted by Crippen LogP contribution is -2.48. The van der Waals surface area contributed by atoms with Crippen molar-refractivity contribution in [2.75, 3.05) is 26.2 Å². The monoisotopic (exact) mass is 282 g/mol. The van der Waals surface area contributed by atoms with E-state index in [4.69, 9.17) is 0 Å².